The van der Waals surface area contributed by atoms with Crippen LogP contribution in [0, 0.1) is 0 Å². The fraction of sp³-hybridized carbons (Fsp3) is 0.333. The quantitative estimate of drug-likeness (QED) is 0.126. The molecule has 13 nitrogen and oxygen atoms in total. The van der Waals surface area contributed by atoms with Gasteiger partial charge in [-0.3, -0.25) is 4.79 Å². The molecule has 0 spiro atoms. The van der Waals surface area contributed by atoms with Crippen LogP contribution in [0.15, 0.2) is 45.6 Å². The van der Waals surface area contributed by atoms with Crippen molar-refractivity contribution in [3.8, 4) is 34.3 Å². The highest BCUT2D eigenvalue weighted by Gasteiger charge is 2.45. The first kappa shape index (κ1) is 26.3. The molecule has 1 fully saturated rings. The van der Waals surface area contributed by atoms with Crippen LogP contribution in [0.1, 0.15) is 6.92 Å². The zero-order valence-corrected chi connectivity index (χ0v) is 19.2. The summed E-state index contributed by atoms with van der Waals surface area (Å²) in [5.41, 5.74) is -0.531. The number of aliphatic hydroxyl groups is 4. The lowest BCUT2D eigenvalue weighted by Gasteiger charge is -2.40. The number of benzene rings is 2. The summed E-state index contributed by atoms with van der Waals surface area (Å²) in [5, 5.41) is 68.4. The number of phenols is 3. The lowest BCUT2D eigenvalue weighted by atomic mass is 9.99. The molecule has 4 rings (SSSR count). The summed E-state index contributed by atoms with van der Waals surface area (Å²) >= 11 is 0. The molecule has 1 aliphatic heterocycles. The Labute approximate surface area is 207 Å². The van der Waals surface area contributed by atoms with E-state index in [1.54, 1.807) is 0 Å². The molecule has 1 aromatic heterocycles. The van der Waals surface area contributed by atoms with Gasteiger partial charge in [0.05, 0.1) is 6.61 Å². The number of phenolic OH excluding ortho intramolecular Hbond substituents is 3. The van der Waals surface area contributed by atoms with Gasteiger partial charge in [0.2, 0.25) is 0 Å². The van der Waals surface area contributed by atoms with Gasteiger partial charge in [-0.15, -0.1) is 0 Å². The summed E-state index contributed by atoms with van der Waals surface area (Å²) in [6, 6.07) is 7.00. The maximum Gasteiger partial charge on any atom is 0.340 e. The van der Waals surface area contributed by atoms with Crippen LogP contribution in [0.25, 0.3) is 22.3 Å². The van der Waals surface area contributed by atoms with Gasteiger partial charge in [0.25, 0.3) is 0 Å². The van der Waals surface area contributed by atoms with E-state index < -0.39 is 66.3 Å². The van der Waals surface area contributed by atoms with Gasteiger partial charge < -0.3 is 54.4 Å². The molecule has 2 aromatic carbocycles. The number of carbonyl (C=O) groups excluding carboxylic acids is 1. The minimum atomic E-state index is -1.73. The van der Waals surface area contributed by atoms with Crippen LogP contribution in [-0.4, -0.2) is 85.1 Å². The third kappa shape index (κ3) is 5.22. The highest BCUT2D eigenvalue weighted by Crippen LogP contribution is 2.34. The molecule has 2 heterocycles. The van der Waals surface area contributed by atoms with Crippen molar-refractivity contribution in [2.24, 2.45) is 0 Å². The van der Waals surface area contributed by atoms with E-state index >= 15 is 0 Å². The number of aliphatic hydroxyl groups excluding tert-OH is 4. The van der Waals surface area contributed by atoms with Crippen molar-refractivity contribution in [1.29, 1.82) is 0 Å². The molecule has 13 heteroatoms. The first-order chi connectivity index (χ1) is 17.5. The van der Waals surface area contributed by atoms with Crippen LogP contribution in [0.4, 0.5) is 0 Å². The van der Waals surface area contributed by atoms with Crippen molar-refractivity contribution < 1.29 is 59.2 Å². The van der Waals surface area contributed by atoms with Crippen molar-refractivity contribution in [3.63, 3.8) is 0 Å². The van der Waals surface area contributed by atoms with E-state index in [4.69, 9.17) is 18.6 Å². The van der Waals surface area contributed by atoms with E-state index in [9.17, 15) is 45.3 Å². The van der Waals surface area contributed by atoms with Crippen LogP contribution in [0.5, 0.6) is 23.0 Å². The van der Waals surface area contributed by atoms with Gasteiger partial charge in [0.15, 0.2) is 29.3 Å². The van der Waals surface area contributed by atoms with E-state index in [-0.39, 0.29) is 33.8 Å². The molecule has 0 amide bonds. The summed E-state index contributed by atoms with van der Waals surface area (Å²) < 4.78 is 21.4. The maximum atomic E-state index is 12.6. The topological polar surface area (TPSA) is 217 Å². The van der Waals surface area contributed by atoms with E-state index in [1.165, 1.54) is 31.2 Å². The standard InChI is InChI=1S/C24H24O13/c1-9(34-24-22(32)21(31)20(30)18(8-25)37-24)23(33)35-11-5-14(28)19-15(29)7-16(36-17(19)6-11)10-2-3-12(26)13(27)4-10/h2-7,9,18,20-22,24-28,30-32H,8H2,1H3/t9-,18+,20+,21+,22+,24+/m1/s1. The SMILES string of the molecule is C[C@@H](O[C@H]1O[C@@H](CO)[C@H](O)[C@H](O)[C@@H]1O)C(=O)Oc1cc(O)c2c(=O)cc(-c3ccc(O)c(O)c3)oc2c1. The number of aromatic hydroxyl groups is 3. The maximum absolute atomic E-state index is 12.6. The Hall–Kier alpha value is -3.72. The molecule has 6 atom stereocenters. The van der Waals surface area contributed by atoms with E-state index in [0.29, 0.717) is 0 Å². The zero-order chi connectivity index (χ0) is 27.0. The summed E-state index contributed by atoms with van der Waals surface area (Å²) in [6.07, 6.45) is -9.25. The Morgan fingerprint density at radius 2 is 1.70 bits per heavy atom. The van der Waals surface area contributed by atoms with Crippen molar-refractivity contribution >= 4 is 16.9 Å². The largest absolute Gasteiger partial charge is 0.507 e. The van der Waals surface area contributed by atoms with Crippen molar-refractivity contribution in [3.05, 3.63) is 46.6 Å². The normalized spacial score (nSPS) is 24.6. The van der Waals surface area contributed by atoms with Crippen LogP contribution in [0.3, 0.4) is 0 Å². The number of hydrogen-bond acceptors (Lipinski definition) is 13. The average Bonchev–Trinajstić information content (AvgIpc) is 2.85. The van der Waals surface area contributed by atoms with E-state index in [2.05, 4.69) is 0 Å². The van der Waals surface area contributed by atoms with E-state index in [1.807, 2.05) is 0 Å². The van der Waals surface area contributed by atoms with E-state index in [0.717, 1.165) is 12.1 Å². The van der Waals surface area contributed by atoms with Crippen molar-refractivity contribution in [2.45, 2.75) is 43.7 Å². The molecule has 0 unspecified atom stereocenters. The van der Waals surface area contributed by atoms with Gasteiger partial charge in [-0.25, -0.2) is 4.79 Å². The average molecular weight is 520 g/mol. The fourth-order valence-electron chi connectivity index (χ4n) is 3.76. The molecule has 7 N–H and O–H groups in total. The Balaban J connectivity index is 1.56. The predicted octanol–water partition coefficient (Wildman–Crippen LogP) is -0.313. The van der Waals surface area contributed by atoms with Crippen LogP contribution in [0.2, 0.25) is 0 Å². The minimum absolute atomic E-state index is 0.00463. The molecular weight excluding hydrogens is 496 g/mol. The number of carbonyl (C=O) groups is 1. The first-order valence-electron chi connectivity index (χ1n) is 11.0. The molecule has 3 aromatic rings. The highest BCUT2D eigenvalue weighted by molar-refractivity contribution is 5.87. The molecular formula is C24H24O13. The Bertz CT molecular complexity index is 1360. The molecule has 0 saturated carbocycles. The van der Waals surface area contributed by atoms with Crippen molar-refractivity contribution in [1.82, 2.24) is 0 Å². The second kappa shape index (κ2) is 10.3. The number of ether oxygens (including phenoxy) is 3. The molecule has 198 valence electrons. The number of fused-ring (bicyclic) bond motifs is 1. The fourth-order valence-corrected chi connectivity index (χ4v) is 3.76. The Kier molecular flexibility index (Phi) is 7.36. The number of esters is 1. The second-order valence-corrected chi connectivity index (χ2v) is 8.39. The highest BCUT2D eigenvalue weighted by atomic mass is 16.7. The Morgan fingerprint density at radius 3 is 2.38 bits per heavy atom. The third-order valence-corrected chi connectivity index (χ3v) is 5.78. The predicted molar refractivity (Wildman–Crippen MR) is 123 cm³/mol. The summed E-state index contributed by atoms with van der Waals surface area (Å²) in [5.74, 6) is -2.62. The van der Waals surface area contributed by atoms with Gasteiger partial charge >= 0.3 is 5.97 Å². The molecule has 0 radical (unpaired) electrons. The molecule has 1 saturated heterocycles. The molecule has 1 aliphatic rings. The number of hydrogen-bond donors (Lipinski definition) is 7. The van der Waals surface area contributed by atoms with Gasteiger partial charge in [0.1, 0.15) is 52.6 Å². The summed E-state index contributed by atoms with van der Waals surface area (Å²) in [6.45, 7) is 0.567. The lowest BCUT2D eigenvalue weighted by molar-refractivity contribution is -0.308. The minimum Gasteiger partial charge on any atom is -0.507 e. The van der Waals surface area contributed by atoms with Gasteiger partial charge in [-0.2, -0.15) is 0 Å². The molecule has 0 bridgehead atoms. The number of rotatable bonds is 6. The molecule has 0 aliphatic carbocycles. The van der Waals surface area contributed by atoms with Crippen LogP contribution in [-0.2, 0) is 14.3 Å². The second-order valence-electron chi connectivity index (χ2n) is 8.39. The molecule has 37 heavy (non-hydrogen) atoms. The summed E-state index contributed by atoms with van der Waals surface area (Å²) in [4.78, 5) is 25.2. The first-order valence-corrected chi connectivity index (χ1v) is 11.0. The smallest absolute Gasteiger partial charge is 0.340 e. The monoisotopic (exact) mass is 520 g/mol. The van der Waals surface area contributed by atoms with Gasteiger partial charge in [0, 0.05) is 23.8 Å². The zero-order valence-electron chi connectivity index (χ0n) is 19.2. The van der Waals surface area contributed by atoms with Crippen LogP contribution >= 0.6 is 0 Å². The lowest BCUT2D eigenvalue weighted by Crippen LogP contribution is -2.60. The summed E-state index contributed by atoms with van der Waals surface area (Å²) in [7, 11) is 0. The van der Waals surface area contributed by atoms with Gasteiger partial charge in [-0.1, -0.05) is 0 Å². The Morgan fingerprint density at radius 1 is 0.973 bits per heavy atom. The van der Waals surface area contributed by atoms with Crippen LogP contribution < -0.4 is 10.2 Å². The third-order valence-electron chi connectivity index (χ3n) is 5.78. The van der Waals surface area contributed by atoms with Crippen molar-refractivity contribution in [2.75, 3.05) is 6.61 Å². The van der Waals surface area contributed by atoms with Gasteiger partial charge in [-0.05, 0) is 25.1 Å².